The third-order valence-corrected chi connectivity index (χ3v) is 4.41. The summed E-state index contributed by atoms with van der Waals surface area (Å²) in [5, 5.41) is 9.65. The first-order chi connectivity index (χ1) is 9.99. The van der Waals surface area contributed by atoms with Gasteiger partial charge >= 0.3 is 5.97 Å². The lowest BCUT2D eigenvalue weighted by atomic mass is 9.92. The molecule has 0 saturated heterocycles. The summed E-state index contributed by atoms with van der Waals surface area (Å²) in [6, 6.07) is 11.8. The van der Waals surface area contributed by atoms with Crippen LogP contribution in [0.5, 0.6) is 0 Å². The fourth-order valence-electron chi connectivity index (χ4n) is 2.15. The van der Waals surface area contributed by atoms with Crippen molar-refractivity contribution in [3.63, 3.8) is 0 Å². The Bertz CT molecular complexity index is 640. The number of hydrogen-bond acceptors (Lipinski definition) is 1. The Balaban J connectivity index is 2.25. The number of carboxylic acids is 1. The lowest BCUT2D eigenvalue weighted by molar-refractivity contribution is -0.141. The van der Waals surface area contributed by atoms with Gasteiger partial charge in [0.15, 0.2) is 0 Å². The van der Waals surface area contributed by atoms with E-state index in [2.05, 4.69) is 15.9 Å². The molecule has 2 rings (SSSR count). The zero-order chi connectivity index (χ0) is 15.4. The summed E-state index contributed by atoms with van der Waals surface area (Å²) in [6.45, 7) is 0. The maximum Gasteiger partial charge on any atom is 0.307 e. The maximum absolute atomic E-state index is 13.8. The van der Waals surface area contributed by atoms with E-state index in [0.29, 0.717) is 6.42 Å². The number of aliphatic carboxylic acids is 1. The van der Waals surface area contributed by atoms with E-state index in [4.69, 9.17) is 11.6 Å². The second-order valence-corrected chi connectivity index (χ2v) is 6.00. The Morgan fingerprint density at radius 1 is 1.19 bits per heavy atom. The van der Waals surface area contributed by atoms with Gasteiger partial charge in [-0.25, -0.2) is 4.39 Å². The zero-order valence-electron chi connectivity index (χ0n) is 11.0. The van der Waals surface area contributed by atoms with E-state index in [-0.39, 0.29) is 17.0 Å². The topological polar surface area (TPSA) is 37.3 Å². The summed E-state index contributed by atoms with van der Waals surface area (Å²) in [6.07, 6.45) is 0.365. The molecule has 1 unspecified atom stereocenters. The quantitative estimate of drug-likeness (QED) is 0.825. The van der Waals surface area contributed by atoms with Crippen molar-refractivity contribution in [2.45, 2.75) is 12.8 Å². The van der Waals surface area contributed by atoms with Crippen molar-refractivity contribution in [1.29, 1.82) is 0 Å². The first kappa shape index (κ1) is 16.0. The molecule has 0 aliphatic heterocycles. The van der Waals surface area contributed by atoms with E-state index in [0.717, 1.165) is 10.0 Å². The highest BCUT2D eigenvalue weighted by Gasteiger charge is 2.22. The van der Waals surface area contributed by atoms with Gasteiger partial charge in [-0.2, -0.15) is 0 Å². The predicted octanol–water partition coefficient (Wildman–Crippen LogP) is 4.73. The minimum Gasteiger partial charge on any atom is -0.481 e. The molecule has 1 N–H and O–H groups in total. The van der Waals surface area contributed by atoms with Crippen LogP contribution >= 0.6 is 27.5 Å². The lowest BCUT2D eigenvalue weighted by Crippen LogP contribution is -2.20. The third kappa shape index (κ3) is 4.05. The second kappa shape index (κ2) is 7.05. The summed E-state index contributed by atoms with van der Waals surface area (Å²) in [5.74, 6) is -2.18. The van der Waals surface area contributed by atoms with E-state index >= 15 is 0 Å². The van der Waals surface area contributed by atoms with Crippen LogP contribution in [0.2, 0.25) is 5.02 Å². The molecule has 2 aromatic carbocycles. The number of carboxylic acid groups (broad SMARTS) is 1. The molecule has 0 spiro atoms. The van der Waals surface area contributed by atoms with Crippen LogP contribution in [-0.2, 0) is 17.6 Å². The molecule has 5 heteroatoms. The van der Waals surface area contributed by atoms with Crippen LogP contribution in [0, 0.1) is 11.7 Å². The van der Waals surface area contributed by atoms with Gasteiger partial charge in [0.1, 0.15) is 5.82 Å². The molecule has 0 aliphatic rings. The number of rotatable bonds is 5. The summed E-state index contributed by atoms with van der Waals surface area (Å²) in [5.41, 5.74) is 1.12. The van der Waals surface area contributed by atoms with Crippen LogP contribution in [0.15, 0.2) is 46.9 Å². The number of benzene rings is 2. The molecular weight excluding hydrogens is 359 g/mol. The molecule has 0 radical (unpaired) electrons. The van der Waals surface area contributed by atoms with E-state index in [1.165, 1.54) is 12.1 Å². The molecule has 0 amide bonds. The van der Waals surface area contributed by atoms with Gasteiger partial charge in [0.2, 0.25) is 0 Å². The van der Waals surface area contributed by atoms with Gasteiger partial charge in [-0.15, -0.1) is 0 Å². The molecule has 2 nitrogen and oxygen atoms in total. The monoisotopic (exact) mass is 370 g/mol. The van der Waals surface area contributed by atoms with E-state index in [9.17, 15) is 14.3 Å². The van der Waals surface area contributed by atoms with Crippen LogP contribution in [0.25, 0.3) is 0 Å². The van der Waals surface area contributed by atoms with Crippen LogP contribution in [0.3, 0.4) is 0 Å². The van der Waals surface area contributed by atoms with Crippen LogP contribution in [0.1, 0.15) is 11.1 Å². The molecule has 0 heterocycles. The van der Waals surface area contributed by atoms with Crippen LogP contribution < -0.4 is 0 Å². The highest BCUT2D eigenvalue weighted by Crippen LogP contribution is 2.26. The summed E-state index contributed by atoms with van der Waals surface area (Å²) in [7, 11) is 0. The number of hydrogen-bond donors (Lipinski definition) is 1. The van der Waals surface area contributed by atoms with E-state index in [1.54, 1.807) is 6.07 Å². The Morgan fingerprint density at radius 3 is 2.52 bits per heavy atom. The summed E-state index contributed by atoms with van der Waals surface area (Å²) >= 11 is 9.37. The fraction of sp³-hybridized carbons (Fsp3) is 0.188. The highest BCUT2D eigenvalue weighted by atomic mass is 79.9. The fourth-order valence-corrected chi connectivity index (χ4v) is 2.84. The van der Waals surface area contributed by atoms with Crippen molar-refractivity contribution in [1.82, 2.24) is 0 Å². The maximum atomic E-state index is 13.8. The minimum atomic E-state index is -0.968. The van der Waals surface area contributed by atoms with Crippen molar-refractivity contribution >= 4 is 33.5 Å². The van der Waals surface area contributed by atoms with Crippen molar-refractivity contribution < 1.29 is 14.3 Å². The molecule has 21 heavy (non-hydrogen) atoms. The summed E-state index contributed by atoms with van der Waals surface area (Å²) < 4.78 is 14.6. The number of halogens is 3. The Labute approximate surface area is 135 Å². The first-order valence-electron chi connectivity index (χ1n) is 6.38. The standard InChI is InChI=1S/C16H13BrClFO2/c17-13-5-2-1-4-10(13)8-11(16(20)21)9-12-14(18)6-3-7-15(12)19/h1-7,11H,8-9H2,(H,20,21). The van der Waals surface area contributed by atoms with Crippen molar-refractivity contribution in [2.75, 3.05) is 0 Å². The van der Waals surface area contributed by atoms with Crippen molar-refractivity contribution in [2.24, 2.45) is 5.92 Å². The Hall–Kier alpha value is -1.39. The minimum absolute atomic E-state index is 0.0577. The molecule has 0 aliphatic carbocycles. The molecule has 0 aromatic heterocycles. The molecule has 0 fully saturated rings. The zero-order valence-corrected chi connectivity index (χ0v) is 13.4. The predicted molar refractivity (Wildman–Crippen MR) is 84.1 cm³/mol. The molecule has 0 bridgehead atoms. The van der Waals surface area contributed by atoms with Gasteiger partial charge < -0.3 is 5.11 Å². The molecule has 2 aromatic rings. The molecule has 0 saturated carbocycles. The lowest BCUT2D eigenvalue weighted by Gasteiger charge is -2.15. The van der Waals surface area contributed by atoms with Crippen molar-refractivity contribution in [3.8, 4) is 0 Å². The molecular formula is C16H13BrClFO2. The SMILES string of the molecule is O=C(O)C(Cc1ccccc1Br)Cc1c(F)cccc1Cl. The van der Waals surface area contributed by atoms with E-state index < -0.39 is 17.7 Å². The van der Waals surface area contributed by atoms with Crippen LogP contribution in [-0.4, -0.2) is 11.1 Å². The largest absolute Gasteiger partial charge is 0.481 e. The average Bonchev–Trinajstić information content (AvgIpc) is 2.43. The molecule has 1 atom stereocenters. The first-order valence-corrected chi connectivity index (χ1v) is 7.55. The van der Waals surface area contributed by atoms with Crippen LogP contribution in [0.4, 0.5) is 4.39 Å². The van der Waals surface area contributed by atoms with Gasteiger partial charge in [0.05, 0.1) is 5.92 Å². The Kier molecular flexibility index (Phi) is 5.37. The normalized spacial score (nSPS) is 12.1. The molecule has 110 valence electrons. The highest BCUT2D eigenvalue weighted by molar-refractivity contribution is 9.10. The van der Waals surface area contributed by atoms with Gasteiger partial charge in [-0.05, 0) is 36.6 Å². The second-order valence-electron chi connectivity index (χ2n) is 4.74. The van der Waals surface area contributed by atoms with Crippen molar-refractivity contribution in [3.05, 3.63) is 68.9 Å². The van der Waals surface area contributed by atoms with Gasteiger partial charge in [-0.1, -0.05) is 51.8 Å². The third-order valence-electron chi connectivity index (χ3n) is 3.29. The number of carbonyl (C=O) groups is 1. The Morgan fingerprint density at radius 2 is 1.90 bits per heavy atom. The summed E-state index contributed by atoms with van der Waals surface area (Å²) in [4.78, 5) is 11.5. The van der Waals surface area contributed by atoms with Gasteiger partial charge in [0, 0.05) is 15.1 Å². The average molecular weight is 372 g/mol. The smallest absolute Gasteiger partial charge is 0.307 e. The van der Waals surface area contributed by atoms with Gasteiger partial charge in [0.25, 0.3) is 0 Å². The van der Waals surface area contributed by atoms with E-state index in [1.807, 2.05) is 24.3 Å². The van der Waals surface area contributed by atoms with Gasteiger partial charge in [-0.3, -0.25) is 4.79 Å².